The zero-order valence-electron chi connectivity index (χ0n) is 8.34. The van der Waals surface area contributed by atoms with E-state index in [0.717, 1.165) is 3.79 Å². The van der Waals surface area contributed by atoms with Gasteiger partial charge in [-0.05, 0) is 50.1 Å². The second-order valence-electron chi connectivity index (χ2n) is 3.27. The van der Waals surface area contributed by atoms with Gasteiger partial charge in [0.15, 0.2) is 0 Å². The molecule has 0 aliphatic rings. The molecule has 2 aromatic rings. The van der Waals surface area contributed by atoms with E-state index in [2.05, 4.69) is 31.9 Å². The van der Waals surface area contributed by atoms with Crippen molar-refractivity contribution >= 4 is 66.3 Å². The minimum absolute atomic E-state index is 0.0956. The van der Waals surface area contributed by atoms with E-state index in [9.17, 15) is 4.79 Å². The average Bonchev–Trinajstić information content (AvgIpc) is 2.62. The highest BCUT2D eigenvalue weighted by Crippen LogP contribution is 2.34. The van der Waals surface area contributed by atoms with Gasteiger partial charge in [-0.15, -0.1) is 11.3 Å². The number of carbonyl (C=O) groups is 1. The van der Waals surface area contributed by atoms with E-state index in [-0.39, 0.29) is 5.78 Å². The lowest BCUT2D eigenvalue weighted by molar-refractivity contribution is 0.104. The molecule has 0 bridgehead atoms. The summed E-state index contributed by atoms with van der Waals surface area (Å²) in [7, 11) is 0. The number of nitrogen functional groups attached to an aromatic ring is 1. The van der Waals surface area contributed by atoms with E-state index >= 15 is 0 Å². The number of hydrogen-bond donors (Lipinski definition) is 1. The molecule has 1 aromatic heterocycles. The SMILES string of the molecule is Nc1cccc(C(=O)c2cc(Cl)c(Br)s2)c1Br. The summed E-state index contributed by atoms with van der Waals surface area (Å²) in [5.41, 5.74) is 6.82. The van der Waals surface area contributed by atoms with Crippen molar-refractivity contribution < 1.29 is 4.79 Å². The number of halogens is 3. The standard InChI is InChI=1S/C11H6Br2ClNOS/c12-9-5(2-1-3-7(9)15)10(16)8-4-6(14)11(13)17-8/h1-4H,15H2. The number of nitrogens with two attached hydrogens (primary N) is 1. The number of ketones is 1. The van der Waals surface area contributed by atoms with E-state index in [1.54, 1.807) is 24.3 Å². The second-order valence-corrected chi connectivity index (χ2v) is 6.84. The molecule has 0 fully saturated rings. The molecule has 0 aliphatic heterocycles. The Bertz CT molecular complexity index is 578. The molecule has 6 heteroatoms. The minimum Gasteiger partial charge on any atom is -0.398 e. The predicted molar refractivity (Wildman–Crippen MR) is 79.0 cm³/mol. The van der Waals surface area contributed by atoms with Crippen LogP contribution in [0.1, 0.15) is 15.2 Å². The third kappa shape index (κ3) is 2.57. The van der Waals surface area contributed by atoms with Gasteiger partial charge in [0, 0.05) is 11.3 Å². The smallest absolute Gasteiger partial charge is 0.204 e. The summed E-state index contributed by atoms with van der Waals surface area (Å²) in [5.74, 6) is -0.0956. The number of benzene rings is 1. The van der Waals surface area contributed by atoms with Crippen LogP contribution in [0.2, 0.25) is 5.02 Å². The molecule has 0 unspecified atom stereocenters. The molecule has 1 aromatic carbocycles. The molecule has 2 rings (SSSR count). The predicted octanol–water partition coefficient (Wildman–Crippen LogP) is 4.74. The largest absolute Gasteiger partial charge is 0.398 e. The first kappa shape index (κ1) is 13.1. The normalized spacial score (nSPS) is 10.5. The number of carbonyl (C=O) groups excluding carboxylic acids is 1. The Morgan fingerprint density at radius 3 is 2.65 bits per heavy atom. The van der Waals surface area contributed by atoms with Crippen LogP contribution in [0.5, 0.6) is 0 Å². The van der Waals surface area contributed by atoms with Crippen LogP contribution in [-0.2, 0) is 0 Å². The molecule has 2 N–H and O–H groups in total. The molecule has 0 atom stereocenters. The van der Waals surface area contributed by atoms with E-state index in [0.29, 0.717) is 25.6 Å². The molecular formula is C11H6Br2ClNOS. The third-order valence-corrected chi connectivity index (χ3v) is 5.50. The van der Waals surface area contributed by atoms with Crippen molar-refractivity contribution in [1.82, 2.24) is 0 Å². The summed E-state index contributed by atoms with van der Waals surface area (Å²) < 4.78 is 1.37. The highest BCUT2D eigenvalue weighted by atomic mass is 79.9. The number of anilines is 1. The van der Waals surface area contributed by atoms with Gasteiger partial charge in [-0.3, -0.25) is 4.79 Å². The van der Waals surface area contributed by atoms with Gasteiger partial charge in [-0.25, -0.2) is 0 Å². The van der Waals surface area contributed by atoms with Crippen molar-refractivity contribution in [2.45, 2.75) is 0 Å². The maximum Gasteiger partial charge on any atom is 0.204 e. The molecule has 0 spiro atoms. The topological polar surface area (TPSA) is 43.1 Å². The van der Waals surface area contributed by atoms with Crippen LogP contribution in [0.3, 0.4) is 0 Å². The Balaban J connectivity index is 2.47. The third-order valence-electron chi connectivity index (χ3n) is 2.14. The van der Waals surface area contributed by atoms with Gasteiger partial charge in [0.1, 0.15) is 0 Å². The molecule has 1 heterocycles. The molecule has 2 nitrogen and oxygen atoms in total. The highest BCUT2D eigenvalue weighted by molar-refractivity contribution is 9.11. The molecule has 88 valence electrons. The molecular weight excluding hydrogens is 389 g/mol. The lowest BCUT2D eigenvalue weighted by Gasteiger charge is -2.04. The van der Waals surface area contributed by atoms with Crippen molar-refractivity contribution in [1.29, 1.82) is 0 Å². The second kappa shape index (κ2) is 5.10. The minimum atomic E-state index is -0.0956. The van der Waals surface area contributed by atoms with E-state index < -0.39 is 0 Å². The molecule has 0 saturated heterocycles. The van der Waals surface area contributed by atoms with Gasteiger partial charge < -0.3 is 5.73 Å². The number of rotatable bonds is 2. The Hall–Kier alpha value is -0.360. The van der Waals surface area contributed by atoms with Crippen LogP contribution in [0.4, 0.5) is 5.69 Å². The van der Waals surface area contributed by atoms with Crippen LogP contribution in [0, 0.1) is 0 Å². The molecule has 17 heavy (non-hydrogen) atoms. The van der Waals surface area contributed by atoms with Gasteiger partial charge in [0.25, 0.3) is 0 Å². The first-order valence-corrected chi connectivity index (χ1v) is 7.32. The molecule has 0 radical (unpaired) electrons. The summed E-state index contributed by atoms with van der Waals surface area (Å²) in [6.07, 6.45) is 0. The average molecular weight is 396 g/mol. The van der Waals surface area contributed by atoms with Crippen LogP contribution >= 0.6 is 54.8 Å². The summed E-state index contributed by atoms with van der Waals surface area (Å²) in [6, 6.07) is 6.86. The maximum atomic E-state index is 12.2. The monoisotopic (exact) mass is 393 g/mol. The van der Waals surface area contributed by atoms with Crippen LogP contribution < -0.4 is 5.73 Å². The Kier molecular flexibility index (Phi) is 3.92. The lowest BCUT2D eigenvalue weighted by Crippen LogP contribution is -2.01. The summed E-state index contributed by atoms with van der Waals surface area (Å²) in [4.78, 5) is 12.8. The lowest BCUT2D eigenvalue weighted by atomic mass is 10.1. The van der Waals surface area contributed by atoms with Crippen LogP contribution in [-0.4, -0.2) is 5.78 Å². The fourth-order valence-electron chi connectivity index (χ4n) is 1.32. The molecule has 0 saturated carbocycles. The molecule has 0 aliphatic carbocycles. The fraction of sp³-hybridized carbons (Fsp3) is 0. The zero-order valence-corrected chi connectivity index (χ0v) is 13.1. The van der Waals surface area contributed by atoms with E-state index in [4.69, 9.17) is 17.3 Å². The highest BCUT2D eigenvalue weighted by Gasteiger charge is 2.17. The quantitative estimate of drug-likeness (QED) is 0.590. The van der Waals surface area contributed by atoms with Gasteiger partial charge in [0.05, 0.1) is 18.2 Å². The van der Waals surface area contributed by atoms with Gasteiger partial charge in [-0.2, -0.15) is 0 Å². The van der Waals surface area contributed by atoms with Crippen molar-refractivity contribution in [2.24, 2.45) is 0 Å². The van der Waals surface area contributed by atoms with Crippen molar-refractivity contribution in [3.05, 3.63) is 48.0 Å². The van der Waals surface area contributed by atoms with Crippen LogP contribution in [0.25, 0.3) is 0 Å². The van der Waals surface area contributed by atoms with Gasteiger partial charge in [0.2, 0.25) is 5.78 Å². The zero-order chi connectivity index (χ0) is 12.6. The Labute approximate surface area is 124 Å². The first-order chi connectivity index (χ1) is 8.00. The number of hydrogen-bond acceptors (Lipinski definition) is 3. The van der Waals surface area contributed by atoms with Crippen molar-refractivity contribution in [3.8, 4) is 0 Å². The van der Waals surface area contributed by atoms with E-state index in [1.807, 2.05) is 0 Å². The maximum absolute atomic E-state index is 12.2. The summed E-state index contributed by atoms with van der Waals surface area (Å²) >= 11 is 13.8. The van der Waals surface area contributed by atoms with Crippen molar-refractivity contribution in [2.75, 3.05) is 5.73 Å². The number of thiophene rings is 1. The Morgan fingerprint density at radius 1 is 1.35 bits per heavy atom. The van der Waals surface area contributed by atoms with Crippen molar-refractivity contribution in [3.63, 3.8) is 0 Å². The van der Waals surface area contributed by atoms with Crippen LogP contribution in [0.15, 0.2) is 32.5 Å². The summed E-state index contributed by atoms with van der Waals surface area (Å²) in [6.45, 7) is 0. The molecule has 0 amide bonds. The first-order valence-electron chi connectivity index (χ1n) is 4.54. The Morgan fingerprint density at radius 2 is 2.06 bits per heavy atom. The fourth-order valence-corrected chi connectivity index (χ4v) is 3.42. The van der Waals surface area contributed by atoms with Gasteiger partial charge >= 0.3 is 0 Å². The van der Waals surface area contributed by atoms with E-state index in [1.165, 1.54) is 11.3 Å². The van der Waals surface area contributed by atoms with Gasteiger partial charge in [-0.1, -0.05) is 17.7 Å². The summed E-state index contributed by atoms with van der Waals surface area (Å²) in [5, 5.41) is 0.540.